The number of nitrogens with one attached hydrogen (secondary N) is 1. The Kier molecular flexibility index (Phi) is 6.95. The largest absolute Gasteiger partial charge is 0.443 e. The molecule has 0 fully saturated rings. The summed E-state index contributed by atoms with van der Waals surface area (Å²) in [5.41, 5.74) is 10.7. The van der Waals surface area contributed by atoms with E-state index in [1.165, 1.54) is 24.5 Å². The maximum absolute atomic E-state index is 14.7. The first kappa shape index (κ1) is 21.5. The van der Waals surface area contributed by atoms with Crippen LogP contribution in [0, 0.1) is 5.82 Å². The molecule has 2 aromatic rings. The number of nitrogens with zero attached hydrogens (tertiary/aromatic N) is 4. The number of carbonyl (C=O) groups excluding carboxylic acids is 1. The Balaban J connectivity index is 2.15. The van der Waals surface area contributed by atoms with E-state index in [1.54, 1.807) is 6.07 Å². The number of carbonyl (C=O) groups is 1. The molecule has 0 saturated carbocycles. The average molecular weight is 421 g/mol. The summed E-state index contributed by atoms with van der Waals surface area (Å²) < 4.78 is 43.3. The van der Waals surface area contributed by atoms with Crippen molar-refractivity contribution in [1.29, 1.82) is 0 Å². The Bertz CT molecular complexity index is 1090. The SMILES string of the molecule is CS(=O)(=O)NC=C=Nc1ncc(-c2cccc(COC(=O)N=C(N)N)c2F)cn1. The molecule has 0 spiro atoms. The molecule has 152 valence electrons. The number of nitrogens with two attached hydrogens (primary N) is 2. The van der Waals surface area contributed by atoms with Crippen LogP contribution in [0.2, 0.25) is 0 Å². The van der Waals surface area contributed by atoms with Crippen LogP contribution >= 0.6 is 0 Å². The van der Waals surface area contributed by atoms with E-state index in [1.807, 2.05) is 0 Å². The summed E-state index contributed by atoms with van der Waals surface area (Å²) in [6.45, 7) is -0.378. The second-order valence-electron chi connectivity index (χ2n) is 5.42. The Morgan fingerprint density at radius 1 is 1.34 bits per heavy atom. The normalized spacial score (nSPS) is 10.4. The number of sulfonamides is 1. The third kappa shape index (κ3) is 7.01. The zero-order valence-electron chi connectivity index (χ0n) is 15.0. The monoisotopic (exact) mass is 421 g/mol. The minimum Gasteiger partial charge on any atom is -0.443 e. The lowest BCUT2D eigenvalue weighted by atomic mass is 10.1. The summed E-state index contributed by atoms with van der Waals surface area (Å²) in [6.07, 6.45) is 3.56. The van der Waals surface area contributed by atoms with E-state index < -0.39 is 27.9 Å². The van der Waals surface area contributed by atoms with E-state index in [0.717, 1.165) is 12.5 Å². The van der Waals surface area contributed by atoms with Crippen LogP contribution in [0.1, 0.15) is 5.56 Å². The summed E-state index contributed by atoms with van der Waals surface area (Å²) in [4.78, 5) is 26.1. The number of guanidine groups is 1. The Morgan fingerprint density at radius 2 is 2.03 bits per heavy atom. The highest BCUT2D eigenvalue weighted by Gasteiger charge is 2.12. The lowest BCUT2D eigenvalue weighted by Gasteiger charge is -2.08. The molecule has 0 bridgehead atoms. The fourth-order valence-corrected chi connectivity index (χ4v) is 2.20. The van der Waals surface area contributed by atoms with Gasteiger partial charge >= 0.3 is 6.09 Å². The van der Waals surface area contributed by atoms with Gasteiger partial charge in [0.2, 0.25) is 10.0 Å². The average Bonchev–Trinajstić information content (AvgIpc) is 2.64. The van der Waals surface area contributed by atoms with Crippen molar-refractivity contribution in [2.75, 3.05) is 6.26 Å². The molecular formula is C16H16FN7O4S. The highest BCUT2D eigenvalue weighted by Crippen LogP contribution is 2.25. The second-order valence-corrected chi connectivity index (χ2v) is 7.20. The molecule has 5 N–H and O–H groups in total. The van der Waals surface area contributed by atoms with Crippen LogP contribution < -0.4 is 16.2 Å². The fraction of sp³-hybridized carbons (Fsp3) is 0.125. The highest BCUT2D eigenvalue weighted by molar-refractivity contribution is 7.88. The standard InChI is InChI=1S/C16H16FN7O4S/c1-29(26,27)23-6-5-20-15-21-7-11(8-22-15)12-4-2-3-10(13(12)17)9-28-16(25)24-14(18)19/h2-4,6-8,23H,9H2,1H3,(H4,18,19,24,25). The van der Waals surface area contributed by atoms with Crippen LogP contribution in [0.25, 0.3) is 11.1 Å². The second kappa shape index (κ2) is 9.39. The number of hydrogen-bond acceptors (Lipinski definition) is 7. The summed E-state index contributed by atoms with van der Waals surface area (Å²) >= 11 is 0. The van der Waals surface area contributed by atoms with Gasteiger partial charge in [0, 0.05) is 35.0 Å². The lowest BCUT2D eigenvalue weighted by Crippen LogP contribution is -2.24. The third-order valence-corrected chi connectivity index (χ3v) is 3.65. The van der Waals surface area contributed by atoms with Crippen molar-refractivity contribution >= 4 is 33.9 Å². The van der Waals surface area contributed by atoms with Gasteiger partial charge in [-0.1, -0.05) is 18.2 Å². The number of amides is 1. The molecule has 0 aliphatic heterocycles. The number of halogens is 1. The zero-order valence-corrected chi connectivity index (χ0v) is 15.9. The molecule has 11 nitrogen and oxygen atoms in total. The molecule has 0 radical (unpaired) electrons. The Morgan fingerprint density at radius 3 is 2.66 bits per heavy atom. The molecule has 2 rings (SSSR count). The van der Waals surface area contributed by atoms with Crippen molar-refractivity contribution in [1.82, 2.24) is 14.7 Å². The molecular weight excluding hydrogens is 405 g/mol. The van der Waals surface area contributed by atoms with Crippen molar-refractivity contribution in [2.24, 2.45) is 21.5 Å². The molecule has 0 atom stereocenters. The summed E-state index contributed by atoms with van der Waals surface area (Å²) in [7, 11) is -3.41. The van der Waals surface area contributed by atoms with Gasteiger partial charge in [-0.25, -0.2) is 27.6 Å². The van der Waals surface area contributed by atoms with Gasteiger partial charge in [0.05, 0.1) is 12.5 Å². The first-order valence-electron chi connectivity index (χ1n) is 7.77. The van der Waals surface area contributed by atoms with E-state index in [4.69, 9.17) is 16.2 Å². The van der Waals surface area contributed by atoms with Crippen LogP contribution in [0.5, 0.6) is 0 Å². The van der Waals surface area contributed by atoms with E-state index in [-0.39, 0.29) is 23.7 Å². The van der Waals surface area contributed by atoms with Gasteiger partial charge in [-0.05, 0) is 0 Å². The van der Waals surface area contributed by atoms with Gasteiger partial charge in [0.25, 0.3) is 5.95 Å². The molecule has 1 aromatic carbocycles. The molecule has 1 amide bonds. The minimum atomic E-state index is -3.41. The quantitative estimate of drug-likeness (QED) is 0.447. The van der Waals surface area contributed by atoms with E-state index in [0.29, 0.717) is 5.56 Å². The highest BCUT2D eigenvalue weighted by atomic mass is 32.2. The third-order valence-electron chi connectivity index (χ3n) is 3.10. The molecule has 0 saturated heterocycles. The Hall–Kier alpha value is -3.83. The van der Waals surface area contributed by atoms with Crippen molar-refractivity contribution < 1.29 is 22.3 Å². The molecule has 0 aliphatic carbocycles. The van der Waals surface area contributed by atoms with Crippen molar-refractivity contribution in [2.45, 2.75) is 6.61 Å². The Labute approximate surface area is 165 Å². The topological polar surface area (TPSA) is 175 Å². The van der Waals surface area contributed by atoms with Gasteiger partial charge < -0.3 is 16.2 Å². The summed E-state index contributed by atoms with van der Waals surface area (Å²) in [6, 6.07) is 4.49. The van der Waals surface area contributed by atoms with Crippen LogP contribution in [0.15, 0.2) is 46.8 Å². The number of benzene rings is 1. The molecule has 29 heavy (non-hydrogen) atoms. The van der Waals surface area contributed by atoms with Crippen LogP contribution in [0.4, 0.5) is 15.1 Å². The van der Waals surface area contributed by atoms with Crippen molar-refractivity contribution in [3.63, 3.8) is 0 Å². The molecule has 1 heterocycles. The molecule has 0 aliphatic rings. The van der Waals surface area contributed by atoms with Crippen LogP contribution in [0.3, 0.4) is 0 Å². The van der Waals surface area contributed by atoms with Crippen LogP contribution in [-0.4, -0.2) is 42.6 Å². The maximum atomic E-state index is 14.7. The number of aliphatic imine (C=N–C) groups is 2. The number of ether oxygens (including phenoxy) is 1. The number of rotatable bonds is 6. The minimum absolute atomic E-state index is 0.0111. The fourth-order valence-electron chi connectivity index (χ4n) is 1.93. The lowest BCUT2D eigenvalue weighted by molar-refractivity contribution is 0.149. The first-order valence-corrected chi connectivity index (χ1v) is 9.66. The first-order chi connectivity index (χ1) is 13.7. The van der Waals surface area contributed by atoms with Gasteiger partial charge in [-0.3, -0.25) is 4.72 Å². The summed E-state index contributed by atoms with van der Waals surface area (Å²) in [5.74, 6) is 1.20. The zero-order chi connectivity index (χ0) is 21.4. The van der Waals surface area contributed by atoms with Crippen molar-refractivity contribution in [3.8, 4) is 11.1 Å². The molecule has 1 aromatic heterocycles. The van der Waals surface area contributed by atoms with Gasteiger partial charge in [0.1, 0.15) is 12.4 Å². The predicted molar refractivity (Wildman–Crippen MR) is 103 cm³/mol. The molecule has 0 unspecified atom stereocenters. The van der Waals surface area contributed by atoms with Crippen molar-refractivity contribution in [3.05, 3.63) is 48.2 Å². The maximum Gasteiger partial charge on any atom is 0.437 e. The van der Waals surface area contributed by atoms with Crippen LogP contribution in [-0.2, 0) is 21.4 Å². The van der Waals surface area contributed by atoms with E-state index in [9.17, 15) is 17.6 Å². The van der Waals surface area contributed by atoms with Gasteiger partial charge in [-0.2, -0.15) is 4.99 Å². The number of aromatic nitrogens is 2. The molecule has 13 heteroatoms. The van der Waals surface area contributed by atoms with Gasteiger partial charge in [-0.15, -0.1) is 4.99 Å². The van der Waals surface area contributed by atoms with Gasteiger partial charge in [0.15, 0.2) is 5.96 Å². The van der Waals surface area contributed by atoms with E-state index in [2.05, 4.69) is 30.5 Å². The van der Waals surface area contributed by atoms with E-state index >= 15 is 0 Å². The summed E-state index contributed by atoms with van der Waals surface area (Å²) in [5, 5.41) is 0. The predicted octanol–water partition coefficient (Wildman–Crippen LogP) is 0.557. The smallest absolute Gasteiger partial charge is 0.437 e. The number of hydrogen-bond donors (Lipinski definition) is 3.